The molecule has 1 amide bonds. The molecule has 0 aliphatic rings. The van der Waals surface area contributed by atoms with Gasteiger partial charge in [0, 0.05) is 18.0 Å². The third-order valence-corrected chi connectivity index (χ3v) is 4.69. The SMILES string of the molecule is O=C(Nc1cnn(Cc2ccc(F)cc2)c1)c1cccc(Cn2cc(Br)cn2)c1. The van der Waals surface area contributed by atoms with Crippen molar-refractivity contribution >= 4 is 27.5 Å². The van der Waals surface area contributed by atoms with E-state index in [4.69, 9.17) is 0 Å². The van der Waals surface area contributed by atoms with E-state index < -0.39 is 0 Å². The molecule has 0 radical (unpaired) electrons. The summed E-state index contributed by atoms with van der Waals surface area (Å²) in [4.78, 5) is 12.6. The molecular weight excluding hydrogens is 437 g/mol. The van der Waals surface area contributed by atoms with Gasteiger partial charge in [-0.15, -0.1) is 0 Å². The van der Waals surface area contributed by atoms with Crippen LogP contribution in [0.4, 0.5) is 10.1 Å². The molecule has 6 nitrogen and oxygen atoms in total. The molecule has 0 saturated heterocycles. The van der Waals surface area contributed by atoms with E-state index in [1.165, 1.54) is 12.1 Å². The fraction of sp³-hybridized carbons (Fsp3) is 0.0952. The minimum absolute atomic E-state index is 0.213. The monoisotopic (exact) mass is 453 g/mol. The van der Waals surface area contributed by atoms with Gasteiger partial charge in [0.1, 0.15) is 5.82 Å². The van der Waals surface area contributed by atoms with Crippen molar-refractivity contribution in [2.45, 2.75) is 13.1 Å². The highest BCUT2D eigenvalue weighted by atomic mass is 79.9. The number of aromatic nitrogens is 4. The zero-order valence-corrected chi connectivity index (χ0v) is 16.9. The molecule has 8 heteroatoms. The number of nitrogens with zero attached hydrogens (tertiary/aromatic N) is 4. The average Bonchev–Trinajstić information content (AvgIpc) is 3.32. The van der Waals surface area contributed by atoms with Crippen LogP contribution in [0.15, 0.2) is 77.8 Å². The first-order valence-electron chi connectivity index (χ1n) is 8.90. The van der Waals surface area contributed by atoms with Crippen LogP contribution >= 0.6 is 15.9 Å². The smallest absolute Gasteiger partial charge is 0.255 e. The fourth-order valence-corrected chi connectivity index (χ4v) is 3.25. The van der Waals surface area contributed by atoms with Crippen molar-refractivity contribution in [3.05, 3.63) is 100 Å². The molecule has 2 aromatic heterocycles. The molecule has 0 spiro atoms. The van der Waals surface area contributed by atoms with Crippen LogP contribution in [0.5, 0.6) is 0 Å². The standard InChI is InChI=1S/C21H17BrFN5O/c22-18-9-24-27(13-18)12-16-2-1-3-17(8-16)21(29)26-20-10-25-28(14-20)11-15-4-6-19(23)7-5-15/h1-10,13-14H,11-12H2,(H,26,29). The lowest BCUT2D eigenvalue weighted by molar-refractivity contribution is 0.102. The Kier molecular flexibility index (Phi) is 5.53. The number of hydrogen-bond acceptors (Lipinski definition) is 3. The third-order valence-electron chi connectivity index (χ3n) is 4.28. The minimum atomic E-state index is -0.274. The number of rotatable bonds is 6. The van der Waals surface area contributed by atoms with Gasteiger partial charge in [-0.1, -0.05) is 24.3 Å². The van der Waals surface area contributed by atoms with Crippen molar-refractivity contribution in [3.8, 4) is 0 Å². The van der Waals surface area contributed by atoms with Crippen molar-refractivity contribution in [1.29, 1.82) is 0 Å². The summed E-state index contributed by atoms with van der Waals surface area (Å²) >= 11 is 3.37. The Morgan fingerprint density at radius 1 is 0.966 bits per heavy atom. The topological polar surface area (TPSA) is 64.7 Å². The van der Waals surface area contributed by atoms with Crippen molar-refractivity contribution in [2.24, 2.45) is 0 Å². The van der Waals surface area contributed by atoms with Gasteiger partial charge in [0.25, 0.3) is 5.91 Å². The lowest BCUT2D eigenvalue weighted by Crippen LogP contribution is -2.12. The van der Waals surface area contributed by atoms with E-state index in [1.807, 2.05) is 24.4 Å². The second-order valence-electron chi connectivity index (χ2n) is 6.56. The largest absolute Gasteiger partial charge is 0.319 e. The number of anilines is 1. The summed E-state index contributed by atoms with van der Waals surface area (Å²) in [7, 11) is 0. The lowest BCUT2D eigenvalue weighted by Gasteiger charge is -2.06. The normalized spacial score (nSPS) is 10.8. The molecule has 0 unspecified atom stereocenters. The van der Waals surface area contributed by atoms with E-state index in [0.717, 1.165) is 15.6 Å². The number of carbonyl (C=O) groups is 1. The zero-order chi connectivity index (χ0) is 20.2. The Balaban J connectivity index is 1.41. The van der Waals surface area contributed by atoms with Gasteiger partial charge < -0.3 is 5.32 Å². The highest BCUT2D eigenvalue weighted by molar-refractivity contribution is 9.10. The average molecular weight is 454 g/mol. The number of carbonyl (C=O) groups excluding carboxylic acids is 1. The van der Waals surface area contributed by atoms with E-state index in [0.29, 0.717) is 24.3 Å². The van der Waals surface area contributed by atoms with Crippen molar-refractivity contribution in [2.75, 3.05) is 5.32 Å². The van der Waals surface area contributed by atoms with Crippen LogP contribution in [-0.2, 0) is 13.1 Å². The molecule has 0 atom stereocenters. The summed E-state index contributed by atoms with van der Waals surface area (Å²) in [6.45, 7) is 1.06. The molecule has 29 heavy (non-hydrogen) atoms. The van der Waals surface area contributed by atoms with Gasteiger partial charge >= 0.3 is 0 Å². The lowest BCUT2D eigenvalue weighted by atomic mass is 10.1. The predicted octanol–water partition coefficient (Wildman–Crippen LogP) is 4.33. The van der Waals surface area contributed by atoms with Crippen molar-refractivity contribution < 1.29 is 9.18 Å². The van der Waals surface area contributed by atoms with Gasteiger partial charge in [-0.2, -0.15) is 10.2 Å². The van der Waals surface area contributed by atoms with Crippen LogP contribution in [0.2, 0.25) is 0 Å². The van der Waals surface area contributed by atoms with Gasteiger partial charge in [-0.3, -0.25) is 14.2 Å². The first-order chi connectivity index (χ1) is 14.0. The highest BCUT2D eigenvalue weighted by Crippen LogP contribution is 2.14. The summed E-state index contributed by atoms with van der Waals surface area (Å²) in [5, 5.41) is 11.3. The Morgan fingerprint density at radius 2 is 1.69 bits per heavy atom. The summed E-state index contributed by atoms with van der Waals surface area (Å²) in [6.07, 6.45) is 6.93. The molecule has 0 saturated carbocycles. The number of nitrogens with one attached hydrogen (secondary N) is 1. The predicted molar refractivity (Wildman–Crippen MR) is 111 cm³/mol. The van der Waals surface area contributed by atoms with Crippen LogP contribution < -0.4 is 5.32 Å². The summed E-state index contributed by atoms with van der Waals surface area (Å²) in [6, 6.07) is 13.6. The maximum atomic E-state index is 13.0. The Hall–Kier alpha value is -3.26. The molecule has 2 heterocycles. The molecule has 1 N–H and O–H groups in total. The molecule has 4 rings (SSSR count). The molecule has 0 bridgehead atoms. The first kappa shape index (κ1) is 19.1. The van der Waals surface area contributed by atoms with Crippen LogP contribution in [-0.4, -0.2) is 25.5 Å². The van der Waals surface area contributed by atoms with E-state index in [-0.39, 0.29) is 11.7 Å². The van der Waals surface area contributed by atoms with Crippen LogP contribution in [0.3, 0.4) is 0 Å². The van der Waals surface area contributed by atoms with E-state index in [2.05, 4.69) is 31.4 Å². The van der Waals surface area contributed by atoms with Gasteiger partial charge in [0.2, 0.25) is 0 Å². The molecule has 4 aromatic rings. The maximum absolute atomic E-state index is 13.0. The van der Waals surface area contributed by atoms with Gasteiger partial charge in [0.05, 0.1) is 35.6 Å². The summed E-state index contributed by atoms with van der Waals surface area (Å²) in [5.41, 5.74) is 3.05. The zero-order valence-electron chi connectivity index (χ0n) is 15.3. The maximum Gasteiger partial charge on any atom is 0.255 e. The van der Waals surface area contributed by atoms with Gasteiger partial charge in [-0.05, 0) is 51.3 Å². The third kappa shape index (κ3) is 4.97. The molecule has 146 valence electrons. The van der Waals surface area contributed by atoms with E-state index in [1.54, 1.807) is 46.2 Å². The second-order valence-corrected chi connectivity index (χ2v) is 7.48. The Bertz CT molecular complexity index is 1140. The van der Waals surface area contributed by atoms with Crippen LogP contribution in [0, 0.1) is 5.82 Å². The highest BCUT2D eigenvalue weighted by Gasteiger charge is 2.09. The summed E-state index contributed by atoms with van der Waals surface area (Å²) < 4.78 is 17.4. The number of amides is 1. The molecular formula is C21H17BrFN5O. The molecule has 2 aromatic carbocycles. The molecule has 0 aliphatic heterocycles. The number of benzene rings is 2. The molecule has 0 aliphatic carbocycles. The minimum Gasteiger partial charge on any atom is -0.319 e. The quantitative estimate of drug-likeness (QED) is 0.472. The second kappa shape index (κ2) is 8.40. The first-order valence-corrected chi connectivity index (χ1v) is 9.69. The number of halogens is 2. The Labute approximate surface area is 175 Å². The molecule has 0 fully saturated rings. The van der Waals surface area contributed by atoms with Crippen LogP contribution in [0.1, 0.15) is 21.5 Å². The van der Waals surface area contributed by atoms with Gasteiger partial charge in [0.15, 0.2) is 0 Å². The Morgan fingerprint density at radius 3 is 2.45 bits per heavy atom. The van der Waals surface area contributed by atoms with Crippen molar-refractivity contribution in [1.82, 2.24) is 19.6 Å². The number of hydrogen-bond donors (Lipinski definition) is 1. The van der Waals surface area contributed by atoms with Crippen molar-refractivity contribution in [3.63, 3.8) is 0 Å². The van der Waals surface area contributed by atoms with Gasteiger partial charge in [-0.25, -0.2) is 4.39 Å². The van der Waals surface area contributed by atoms with E-state index in [9.17, 15) is 9.18 Å². The summed E-state index contributed by atoms with van der Waals surface area (Å²) in [5.74, 6) is -0.487. The fourth-order valence-electron chi connectivity index (χ4n) is 2.92. The van der Waals surface area contributed by atoms with E-state index >= 15 is 0 Å². The van der Waals surface area contributed by atoms with Crippen LogP contribution in [0.25, 0.3) is 0 Å².